The summed E-state index contributed by atoms with van der Waals surface area (Å²) in [6, 6.07) is 22.3. The number of anilines is 2. The third-order valence-corrected chi connectivity index (χ3v) is 7.81. The first-order valence-corrected chi connectivity index (χ1v) is 15.4. The number of amides is 2. The fourth-order valence-corrected chi connectivity index (χ4v) is 5.62. The summed E-state index contributed by atoms with van der Waals surface area (Å²) in [6.45, 7) is 3.32. The van der Waals surface area contributed by atoms with E-state index in [0.717, 1.165) is 16.8 Å². The third kappa shape index (κ3) is 6.22. The molecule has 50 heavy (non-hydrogen) atoms. The molecule has 7 aromatic rings. The smallest absolute Gasteiger partial charge is 0.267 e. The Kier molecular flexibility index (Phi) is 8.21. The average molecular weight is 670 g/mol. The minimum Gasteiger partial charge on any atom is -0.438 e. The van der Waals surface area contributed by atoms with Crippen LogP contribution in [0.15, 0.2) is 113 Å². The van der Waals surface area contributed by atoms with Crippen LogP contribution >= 0.6 is 0 Å². The highest BCUT2D eigenvalue weighted by atomic mass is 19.1. The highest BCUT2D eigenvalue weighted by Gasteiger charge is 2.26. The van der Waals surface area contributed by atoms with Gasteiger partial charge in [0.05, 0.1) is 11.3 Å². The monoisotopic (exact) mass is 669 g/mol. The minimum absolute atomic E-state index is 0.0877. The molecule has 2 N–H and O–H groups in total. The van der Waals surface area contributed by atoms with E-state index in [1.807, 2.05) is 38.4 Å². The van der Waals surface area contributed by atoms with E-state index in [2.05, 4.69) is 25.7 Å². The molecule has 0 aliphatic rings. The molecular weight excluding hydrogens is 641 g/mol. The number of hydrogen-bond acceptors (Lipinski definition) is 8. The number of fused-ring (bicyclic) bond motifs is 1. The Morgan fingerprint density at radius 1 is 0.920 bits per heavy atom. The Bertz CT molecular complexity index is 2470. The van der Waals surface area contributed by atoms with Gasteiger partial charge >= 0.3 is 0 Å². The predicted molar refractivity (Wildman–Crippen MR) is 185 cm³/mol. The number of aromatic nitrogens is 5. The molecule has 12 nitrogen and oxygen atoms in total. The van der Waals surface area contributed by atoms with Gasteiger partial charge in [0.1, 0.15) is 34.6 Å². The highest BCUT2D eigenvalue weighted by Crippen LogP contribution is 2.45. The molecular formula is C37H28FN7O5. The number of benzene rings is 3. The molecule has 0 aliphatic carbocycles. The summed E-state index contributed by atoms with van der Waals surface area (Å²) in [5.41, 5.74) is 3.95. The van der Waals surface area contributed by atoms with Gasteiger partial charge in [0.25, 0.3) is 11.5 Å². The topological polar surface area (TPSA) is 146 Å². The number of carbonyl (C=O) groups excluding carboxylic acids is 2. The fraction of sp³-hybridized carbons (Fsp3) is 0.0811. The van der Waals surface area contributed by atoms with Crippen LogP contribution in [0.25, 0.3) is 39.2 Å². The van der Waals surface area contributed by atoms with Crippen LogP contribution in [-0.2, 0) is 11.8 Å². The van der Waals surface area contributed by atoms with Gasteiger partial charge in [0, 0.05) is 49.0 Å². The van der Waals surface area contributed by atoms with Crippen LogP contribution in [0, 0.1) is 12.7 Å². The molecule has 0 spiro atoms. The number of halogens is 1. The zero-order valence-corrected chi connectivity index (χ0v) is 27.0. The summed E-state index contributed by atoms with van der Waals surface area (Å²) in [6.07, 6.45) is 4.70. The average Bonchev–Trinajstić information content (AvgIpc) is 3.65. The Balaban J connectivity index is 1.20. The number of nitrogens with one attached hydrogen (secondary N) is 2. The zero-order valence-electron chi connectivity index (χ0n) is 27.0. The van der Waals surface area contributed by atoms with Gasteiger partial charge in [-0.3, -0.25) is 23.6 Å². The van der Waals surface area contributed by atoms with Gasteiger partial charge in [0.15, 0.2) is 0 Å². The maximum absolute atomic E-state index is 13.4. The Morgan fingerprint density at radius 3 is 2.42 bits per heavy atom. The zero-order chi connectivity index (χ0) is 34.9. The van der Waals surface area contributed by atoms with Crippen molar-refractivity contribution in [2.45, 2.75) is 13.8 Å². The van der Waals surface area contributed by atoms with Crippen LogP contribution in [0.2, 0.25) is 0 Å². The second-order valence-electron chi connectivity index (χ2n) is 11.4. The van der Waals surface area contributed by atoms with Gasteiger partial charge in [-0.25, -0.2) is 14.4 Å². The van der Waals surface area contributed by atoms with Gasteiger partial charge in [-0.1, -0.05) is 12.1 Å². The summed E-state index contributed by atoms with van der Waals surface area (Å²) in [5.74, 6) is -0.127. The van der Waals surface area contributed by atoms with Crippen molar-refractivity contribution in [2.75, 3.05) is 10.6 Å². The number of furan rings is 1. The number of nitrogens with zero attached hydrogens (tertiary/aromatic N) is 5. The quantitative estimate of drug-likeness (QED) is 0.178. The van der Waals surface area contributed by atoms with Crippen molar-refractivity contribution in [2.24, 2.45) is 7.05 Å². The SMILES string of the molecule is CC(=O)Nc1cccc(-c2c(-c3cn(C)nc3C)oc3ncnc(Oc4ccc(NC(=O)c5cccn(-c6ccc(F)cc6)c5=O)cc4)c23)c1. The normalized spacial score (nSPS) is 11.0. The summed E-state index contributed by atoms with van der Waals surface area (Å²) in [7, 11) is 1.82. The predicted octanol–water partition coefficient (Wildman–Crippen LogP) is 6.89. The van der Waals surface area contributed by atoms with Crippen molar-refractivity contribution in [1.29, 1.82) is 0 Å². The minimum atomic E-state index is -0.611. The molecule has 0 fully saturated rings. The van der Waals surface area contributed by atoms with Crippen molar-refractivity contribution in [3.8, 4) is 39.8 Å². The molecule has 3 aromatic carbocycles. The van der Waals surface area contributed by atoms with E-state index >= 15 is 0 Å². The highest BCUT2D eigenvalue weighted by molar-refractivity contribution is 6.05. The van der Waals surface area contributed by atoms with Gasteiger partial charge in [-0.05, 0) is 85.3 Å². The molecule has 2 amide bonds. The number of carbonyl (C=O) groups is 2. The molecule has 0 unspecified atom stereocenters. The second-order valence-corrected chi connectivity index (χ2v) is 11.4. The first kappa shape index (κ1) is 31.7. The van der Waals surface area contributed by atoms with E-state index < -0.39 is 17.3 Å². The maximum atomic E-state index is 13.4. The van der Waals surface area contributed by atoms with Crippen molar-refractivity contribution in [3.63, 3.8) is 0 Å². The molecule has 0 saturated carbocycles. The van der Waals surface area contributed by atoms with Crippen LogP contribution in [0.5, 0.6) is 11.6 Å². The van der Waals surface area contributed by atoms with Crippen LogP contribution < -0.4 is 20.9 Å². The lowest BCUT2D eigenvalue weighted by atomic mass is 9.99. The summed E-state index contributed by atoms with van der Waals surface area (Å²) in [4.78, 5) is 46.9. The Morgan fingerprint density at radius 2 is 1.70 bits per heavy atom. The number of pyridine rings is 1. The van der Waals surface area contributed by atoms with Gasteiger partial charge in [0.2, 0.25) is 17.5 Å². The first-order chi connectivity index (χ1) is 24.1. The molecule has 4 heterocycles. The van der Waals surface area contributed by atoms with Crippen molar-refractivity contribution < 1.29 is 23.1 Å². The number of rotatable bonds is 8. The van der Waals surface area contributed by atoms with Crippen LogP contribution in [-0.4, -0.2) is 36.1 Å². The third-order valence-electron chi connectivity index (χ3n) is 7.81. The van der Waals surface area contributed by atoms with Crippen LogP contribution in [0.1, 0.15) is 23.0 Å². The largest absolute Gasteiger partial charge is 0.438 e. The Hall–Kier alpha value is -6.89. The van der Waals surface area contributed by atoms with Crippen molar-refractivity contribution in [3.05, 3.63) is 131 Å². The van der Waals surface area contributed by atoms with Gasteiger partial charge in [-0.15, -0.1) is 0 Å². The molecule has 0 radical (unpaired) electrons. The fourth-order valence-electron chi connectivity index (χ4n) is 5.62. The molecule has 248 valence electrons. The summed E-state index contributed by atoms with van der Waals surface area (Å²) >= 11 is 0. The van der Waals surface area contributed by atoms with Crippen LogP contribution in [0.4, 0.5) is 15.8 Å². The van der Waals surface area contributed by atoms with Crippen molar-refractivity contribution >= 4 is 34.3 Å². The van der Waals surface area contributed by atoms with E-state index in [1.54, 1.807) is 41.1 Å². The van der Waals surface area contributed by atoms with Crippen LogP contribution in [0.3, 0.4) is 0 Å². The maximum Gasteiger partial charge on any atom is 0.267 e. The second kappa shape index (κ2) is 13.0. The van der Waals surface area contributed by atoms with E-state index in [0.29, 0.717) is 39.5 Å². The molecule has 0 saturated heterocycles. The van der Waals surface area contributed by atoms with E-state index in [9.17, 15) is 18.8 Å². The number of ether oxygens (including phenoxy) is 1. The van der Waals surface area contributed by atoms with E-state index in [4.69, 9.17) is 9.15 Å². The molecule has 0 aliphatic heterocycles. The lowest BCUT2D eigenvalue weighted by Crippen LogP contribution is -2.27. The molecule has 13 heteroatoms. The summed E-state index contributed by atoms with van der Waals surface area (Å²) in [5, 5.41) is 10.5. The molecule has 0 bridgehead atoms. The van der Waals surface area contributed by atoms with Gasteiger partial charge in [-0.2, -0.15) is 5.10 Å². The van der Waals surface area contributed by atoms with Gasteiger partial charge < -0.3 is 19.8 Å². The molecule has 4 aromatic heterocycles. The van der Waals surface area contributed by atoms with E-state index in [-0.39, 0.29) is 23.1 Å². The number of hydrogen-bond donors (Lipinski definition) is 2. The first-order valence-electron chi connectivity index (χ1n) is 15.4. The van der Waals surface area contributed by atoms with E-state index in [1.165, 1.54) is 54.3 Å². The number of aryl methyl sites for hydroxylation is 2. The Labute approximate surface area is 283 Å². The van der Waals surface area contributed by atoms with Crippen molar-refractivity contribution in [1.82, 2.24) is 24.3 Å². The molecule has 7 rings (SSSR count). The lowest BCUT2D eigenvalue weighted by Gasteiger charge is -2.11. The summed E-state index contributed by atoms with van der Waals surface area (Å²) < 4.78 is 29.0. The lowest BCUT2D eigenvalue weighted by molar-refractivity contribution is -0.114. The standard InChI is InChI=1S/C37H28FN7O5/c1-21-30(19-44(3)43-21)33-31(23-6-4-7-26(18-23)41-22(2)46)32-35(39-20-40-36(32)50-33)49-28-15-11-25(12-16-28)42-34(47)29-8-5-17-45(37(29)48)27-13-9-24(38)10-14-27/h4-20H,1-3H3,(H,41,46)(H,42,47). The molecule has 0 atom stereocenters.